The van der Waals surface area contributed by atoms with E-state index in [1.165, 1.54) is 12.8 Å². The van der Waals surface area contributed by atoms with E-state index in [1.807, 2.05) is 6.07 Å². The van der Waals surface area contributed by atoms with E-state index in [-0.39, 0.29) is 10.8 Å². The molecule has 1 aromatic carbocycles. The second-order valence-electron chi connectivity index (χ2n) is 5.65. The third kappa shape index (κ3) is 3.28. The Kier molecular flexibility index (Phi) is 4.06. The van der Waals surface area contributed by atoms with Gasteiger partial charge in [0.05, 0.1) is 5.02 Å². The van der Waals surface area contributed by atoms with Crippen LogP contribution in [0, 0.1) is 11.7 Å². The molecule has 1 saturated carbocycles. The Hall–Kier alpha value is -0.640. The number of nitrogens with one attached hydrogen (secondary N) is 1. The molecule has 1 atom stereocenters. The van der Waals surface area contributed by atoms with Crippen LogP contribution in [0.2, 0.25) is 5.02 Å². The topological polar surface area (TPSA) is 15.3 Å². The van der Waals surface area contributed by atoms with E-state index >= 15 is 0 Å². The first kappa shape index (κ1) is 13.3. The van der Waals surface area contributed by atoms with Crippen molar-refractivity contribution in [1.82, 2.24) is 10.2 Å². The van der Waals surface area contributed by atoms with Crippen molar-refractivity contribution in [3.8, 4) is 0 Å². The van der Waals surface area contributed by atoms with Crippen LogP contribution in [0.1, 0.15) is 30.9 Å². The Morgan fingerprint density at radius 2 is 2.05 bits per heavy atom. The van der Waals surface area contributed by atoms with Gasteiger partial charge in [0.15, 0.2) is 0 Å². The monoisotopic (exact) mass is 282 g/mol. The SMILES string of the molecule is Fc1cc([C@@H](CC2CC2)N2CCNCC2)ccc1Cl. The van der Waals surface area contributed by atoms with Gasteiger partial charge in [-0.25, -0.2) is 4.39 Å². The zero-order valence-corrected chi connectivity index (χ0v) is 11.8. The summed E-state index contributed by atoms with van der Waals surface area (Å²) in [6.07, 6.45) is 3.82. The Bertz CT molecular complexity index is 442. The van der Waals surface area contributed by atoms with Gasteiger partial charge in [0.25, 0.3) is 0 Å². The van der Waals surface area contributed by atoms with Gasteiger partial charge < -0.3 is 5.32 Å². The average molecular weight is 283 g/mol. The number of nitrogens with zero attached hydrogens (tertiary/aromatic N) is 1. The van der Waals surface area contributed by atoms with E-state index in [2.05, 4.69) is 10.2 Å². The minimum atomic E-state index is -0.296. The van der Waals surface area contributed by atoms with E-state index < -0.39 is 0 Å². The second kappa shape index (κ2) is 5.78. The zero-order chi connectivity index (χ0) is 13.2. The van der Waals surface area contributed by atoms with Crippen molar-refractivity contribution in [1.29, 1.82) is 0 Å². The fourth-order valence-electron chi connectivity index (χ4n) is 2.88. The molecule has 2 fully saturated rings. The summed E-state index contributed by atoms with van der Waals surface area (Å²) in [5.74, 6) is 0.536. The van der Waals surface area contributed by atoms with Gasteiger partial charge in [0, 0.05) is 32.2 Å². The van der Waals surface area contributed by atoms with Gasteiger partial charge in [-0.05, 0) is 30.0 Å². The van der Waals surface area contributed by atoms with Gasteiger partial charge >= 0.3 is 0 Å². The van der Waals surface area contributed by atoms with Crippen molar-refractivity contribution in [2.24, 2.45) is 5.92 Å². The summed E-state index contributed by atoms with van der Waals surface area (Å²) in [4.78, 5) is 2.48. The van der Waals surface area contributed by atoms with E-state index in [0.29, 0.717) is 6.04 Å². The Labute approximate surface area is 118 Å². The van der Waals surface area contributed by atoms with E-state index in [9.17, 15) is 4.39 Å². The van der Waals surface area contributed by atoms with Crippen LogP contribution < -0.4 is 5.32 Å². The van der Waals surface area contributed by atoms with Gasteiger partial charge in [-0.1, -0.05) is 30.5 Å². The van der Waals surface area contributed by atoms with Crippen molar-refractivity contribution in [2.75, 3.05) is 26.2 Å². The lowest BCUT2D eigenvalue weighted by molar-refractivity contribution is 0.160. The molecule has 0 spiro atoms. The van der Waals surface area contributed by atoms with Crippen molar-refractivity contribution in [2.45, 2.75) is 25.3 Å². The van der Waals surface area contributed by atoms with Gasteiger partial charge in [0.1, 0.15) is 5.82 Å². The predicted octanol–water partition coefficient (Wildman–Crippen LogP) is 3.23. The fraction of sp³-hybridized carbons (Fsp3) is 0.600. The fourth-order valence-corrected chi connectivity index (χ4v) is 3.00. The van der Waals surface area contributed by atoms with Gasteiger partial charge in [-0.2, -0.15) is 0 Å². The van der Waals surface area contributed by atoms with Crippen LogP contribution >= 0.6 is 11.6 Å². The summed E-state index contributed by atoms with van der Waals surface area (Å²) in [6.45, 7) is 4.14. The first-order valence-electron chi connectivity index (χ1n) is 7.14. The third-order valence-electron chi connectivity index (χ3n) is 4.17. The molecule has 0 radical (unpaired) electrons. The van der Waals surface area contributed by atoms with Gasteiger partial charge in [-0.15, -0.1) is 0 Å². The largest absolute Gasteiger partial charge is 0.314 e. The number of hydrogen-bond donors (Lipinski definition) is 1. The van der Waals surface area contributed by atoms with Crippen LogP contribution in [0.3, 0.4) is 0 Å². The second-order valence-corrected chi connectivity index (χ2v) is 6.06. The molecule has 19 heavy (non-hydrogen) atoms. The molecule has 1 saturated heterocycles. The molecule has 1 aliphatic carbocycles. The third-order valence-corrected chi connectivity index (χ3v) is 4.48. The smallest absolute Gasteiger partial charge is 0.142 e. The minimum Gasteiger partial charge on any atom is -0.314 e. The number of benzene rings is 1. The summed E-state index contributed by atoms with van der Waals surface area (Å²) < 4.78 is 13.7. The summed E-state index contributed by atoms with van der Waals surface area (Å²) in [6, 6.07) is 5.65. The van der Waals surface area contributed by atoms with Crippen LogP contribution in [-0.2, 0) is 0 Å². The van der Waals surface area contributed by atoms with Crippen LogP contribution in [0.15, 0.2) is 18.2 Å². The lowest BCUT2D eigenvalue weighted by Crippen LogP contribution is -2.45. The molecule has 0 amide bonds. The molecule has 104 valence electrons. The molecule has 1 aliphatic heterocycles. The van der Waals surface area contributed by atoms with Crippen molar-refractivity contribution < 1.29 is 4.39 Å². The summed E-state index contributed by atoms with van der Waals surface area (Å²) >= 11 is 5.79. The van der Waals surface area contributed by atoms with Gasteiger partial charge in [-0.3, -0.25) is 4.90 Å². The highest BCUT2D eigenvalue weighted by molar-refractivity contribution is 6.30. The Morgan fingerprint density at radius 1 is 1.32 bits per heavy atom. The quantitative estimate of drug-likeness (QED) is 0.912. The predicted molar refractivity (Wildman–Crippen MR) is 75.9 cm³/mol. The molecular formula is C15H20ClFN2. The highest BCUT2D eigenvalue weighted by Gasteiger charge is 2.30. The maximum atomic E-state index is 13.7. The molecule has 0 aromatic heterocycles. The number of halogens is 2. The lowest BCUT2D eigenvalue weighted by Gasteiger charge is -2.35. The molecule has 0 bridgehead atoms. The van der Waals surface area contributed by atoms with E-state index in [4.69, 9.17) is 11.6 Å². The minimum absolute atomic E-state index is 0.217. The van der Waals surface area contributed by atoms with Crippen LogP contribution in [0.5, 0.6) is 0 Å². The molecule has 1 N–H and O–H groups in total. The summed E-state index contributed by atoms with van der Waals surface area (Å²) in [7, 11) is 0. The first-order valence-corrected chi connectivity index (χ1v) is 7.51. The molecule has 4 heteroatoms. The molecular weight excluding hydrogens is 263 g/mol. The lowest BCUT2D eigenvalue weighted by atomic mass is 9.98. The summed E-state index contributed by atoms with van der Waals surface area (Å²) in [5, 5.41) is 3.59. The summed E-state index contributed by atoms with van der Waals surface area (Å²) in [5.41, 5.74) is 1.08. The normalized spacial score (nSPS) is 22.4. The maximum Gasteiger partial charge on any atom is 0.142 e. The average Bonchev–Trinajstić information content (AvgIpc) is 3.24. The van der Waals surface area contributed by atoms with Gasteiger partial charge in [0.2, 0.25) is 0 Å². The molecule has 1 heterocycles. The molecule has 2 aliphatic rings. The Balaban J connectivity index is 1.81. The molecule has 2 nitrogen and oxygen atoms in total. The zero-order valence-electron chi connectivity index (χ0n) is 11.0. The van der Waals surface area contributed by atoms with E-state index in [0.717, 1.165) is 44.1 Å². The maximum absolute atomic E-state index is 13.7. The number of hydrogen-bond acceptors (Lipinski definition) is 2. The van der Waals surface area contributed by atoms with Crippen LogP contribution in [-0.4, -0.2) is 31.1 Å². The van der Waals surface area contributed by atoms with Crippen molar-refractivity contribution in [3.63, 3.8) is 0 Å². The van der Waals surface area contributed by atoms with Crippen molar-refractivity contribution >= 4 is 11.6 Å². The first-order chi connectivity index (χ1) is 9.24. The van der Waals surface area contributed by atoms with Crippen LogP contribution in [0.4, 0.5) is 4.39 Å². The van der Waals surface area contributed by atoms with Crippen LogP contribution in [0.25, 0.3) is 0 Å². The highest BCUT2D eigenvalue weighted by atomic mass is 35.5. The van der Waals surface area contributed by atoms with Crippen molar-refractivity contribution in [3.05, 3.63) is 34.6 Å². The molecule has 3 rings (SSSR count). The molecule has 1 aromatic rings. The standard InChI is InChI=1S/C15H20ClFN2/c16-13-4-3-12(10-14(13)17)15(9-11-1-2-11)19-7-5-18-6-8-19/h3-4,10-11,15,18H,1-2,5-9H2/t15-/m1/s1. The van der Waals surface area contributed by atoms with E-state index in [1.54, 1.807) is 12.1 Å². The Morgan fingerprint density at radius 3 is 2.68 bits per heavy atom. The molecule has 0 unspecified atom stereocenters. The highest BCUT2D eigenvalue weighted by Crippen LogP contribution is 2.40. The number of rotatable bonds is 4. The number of piperazine rings is 1.